The van der Waals surface area contributed by atoms with Crippen molar-refractivity contribution in [1.29, 1.82) is 0 Å². The first kappa shape index (κ1) is 16.3. The van der Waals surface area contributed by atoms with Crippen LogP contribution in [0.3, 0.4) is 0 Å². The summed E-state index contributed by atoms with van der Waals surface area (Å²) in [6.45, 7) is 9.37. The predicted octanol–water partition coefficient (Wildman–Crippen LogP) is 1.39. The van der Waals surface area contributed by atoms with Crippen LogP contribution in [-0.2, 0) is 10.0 Å². The van der Waals surface area contributed by atoms with E-state index in [0.717, 1.165) is 24.5 Å². The maximum absolute atomic E-state index is 12.0. The first-order valence-electron chi connectivity index (χ1n) is 6.58. The van der Waals surface area contributed by atoms with E-state index in [1.165, 1.54) is 0 Å². The lowest BCUT2D eigenvalue weighted by molar-refractivity contribution is 0.368. The standard InChI is InChI=1S/C12H26N2O2S2/c1-12(2,3)4-5-13-6-11-18(15,16)14-7-9-17-10-8-14/h13H,4-11H2,1-3H3. The van der Waals surface area contributed by atoms with Crippen LogP contribution in [0.1, 0.15) is 27.2 Å². The molecule has 0 aromatic rings. The van der Waals surface area contributed by atoms with Crippen molar-refractivity contribution in [1.82, 2.24) is 9.62 Å². The van der Waals surface area contributed by atoms with Crippen molar-refractivity contribution in [3.05, 3.63) is 0 Å². The molecule has 1 fully saturated rings. The van der Waals surface area contributed by atoms with Crippen LogP contribution >= 0.6 is 11.8 Å². The van der Waals surface area contributed by atoms with Crippen molar-refractivity contribution in [2.75, 3.05) is 43.4 Å². The molecule has 0 atom stereocenters. The summed E-state index contributed by atoms with van der Waals surface area (Å²) in [5.41, 5.74) is 0.302. The Morgan fingerprint density at radius 2 is 1.78 bits per heavy atom. The zero-order chi connectivity index (χ0) is 13.6. The van der Waals surface area contributed by atoms with Crippen molar-refractivity contribution in [2.24, 2.45) is 5.41 Å². The molecule has 0 aromatic carbocycles. The van der Waals surface area contributed by atoms with Crippen LogP contribution in [0.2, 0.25) is 0 Å². The van der Waals surface area contributed by atoms with Gasteiger partial charge in [-0.15, -0.1) is 0 Å². The lowest BCUT2D eigenvalue weighted by Crippen LogP contribution is -2.41. The molecule has 0 aromatic heterocycles. The molecule has 1 N–H and O–H groups in total. The maximum atomic E-state index is 12.0. The normalized spacial score (nSPS) is 19.1. The molecular formula is C12H26N2O2S2. The van der Waals surface area contributed by atoms with Crippen molar-refractivity contribution in [3.8, 4) is 0 Å². The number of thioether (sulfide) groups is 1. The summed E-state index contributed by atoms with van der Waals surface area (Å²) >= 11 is 1.83. The number of nitrogens with one attached hydrogen (secondary N) is 1. The molecule has 108 valence electrons. The van der Waals surface area contributed by atoms with Gasteiger partial charge in [-0.25, -0.2) is 12.7 Å². The minimum atomic E-state index is -3.04. The average molecular weight is 294 g/mol. The second-order valence-corrected chi connectivity index (χ2v) is 9.20. The van der Waals surface area contributed by atoms with E-state index in [1.807, 2.05) is 11.8 Å². The van der Waals surface area contributed by atoms with Gasteiger partial charge in [0.05, 0.1) is 5.75 Å². The van der Waals surface area contributed by atoms with E-state index in [-0.39, 0.29) is 5.75 Å². The van der Waals surface area contributed by atoms with Gasteiger partial charge in [0.1, 0.15) is 0 Å². The van der Waals surface area contributed by atoms with Crippen LogP contribution in [0.25, 0.3) is 0 Å². The molecule has 0 saturated carbocycles. The van der Waals surface area contributed by atoms with Crippen LogP contribution < -0.4 is 5.32 Å². The lowest BCUT2D eigenvalue weighted by Gasteiger charge is -2.25. The molecule has 0 aliphatic carbocycles. The lowest BCUT2D eigenvalue weighted by atomic mass is 9.92. The highest BCUT2D eigenvalue weighted by molar-refractivity contribution is 7.99. The molecule has 0 radical (unpaired) electrons. The Hall–Kier alpha value is 0.220. The van der Waals surface area contributed by atoms with E-state index in [2.05, 4.69) is 26.1 Å². The van der Waals surface area contributed by atoms with Gasteiger partial charge in [-0.05, 0) is 18.4 Å². The zero-order valence-corrected chi connectivity index (χ0v) is 13.4. The molecule has 18 heavy (non-hydrogen) atoms. The zero-order valence-electron chi connectivity index (χ0n) is 11.7. The van der Waals surface area contributed by atoms with Crippen molar-refractivity contribution >= 4 is 21.8 Å². The third kappa shape index (κ3) is 6.41. The SMILES string of the molecule is CC(C)(C)CCNCCS(=O)(=O)N1CCSCC1. The highest BCUT2D eigenvalue weighted by atomic mass is 32.2. The van der Waals surface area contributed by atoms with Crippen molar-refractivity contribution in [3.63, 3.8) is 0 Å². The highest BCUT2D eigenvalue weighted by Gasteiger charge is 2.23. The van der Waals surface area contributed by atoms with Crippen LogP contribution in [0.5, 0.6) is 0 Å². The van der Waals surface area contributed by atoms with E-state index in [0.29, 0.717) is 25.0 Å². The molecule has 1 heterocycles. The molecule has 1 aliphatic rings. The van der Waals surface area contributed by atoms with Gasteiger partial charge in [0.25, 0.3) is 0 Å². The average Bonchev–Trinajstić information content (AvgIpc) is 2.28. The molecule has 0 bridgehead atoms. The first-order valence-corrected chi connectivity index (χ1v) is 9.34. The summed E-state index contributed by atoms with van der Waals surface area (Å²) in [6, 6.07) is 0. The molecule has 1 aliphatic heterocycles. The molecule has 1 rings (SSSR count). The van der Waals surface area contributed by atoms with Gasteiger partial charge in [0.2, 0.25) is 10.0 Å². The number of sulfonamides is 1. The fourth-order valence-electron chi connectivity index (χ4n) is 1.74. The van der Waals surface area contributed by atoms with E-state index in [4.69, 9.17) is 0 Å². The second kappa shape index (κ2) is 7.12. The van der Waals surface area contributed by atoms with Crippen LogP contribution in [0, 0.1) is 5.41 Å². The summed E-state index contributed by atoms with van der Waals surface area (Å²) < 4.78 is 25.7. The van der Waals surface area contributed by atoms with Crippen molar-refractivity contribution < 1.29 is 8.42 Å². The summed E-state index contributed by atoms with van der Waals surface area (Å²) in [6.07, 6.45) is 1.06. The minimum absolute atomic E-state index is 0.224. The van der Waals surface area contributed by atoms with Gasteiger partial charge in [-0.3, -0.25) is 0 Å². The molecule has 4 nitrogen and oxygen atoms in total. The Balaban J connectivity index is 2.21. The molecule has 0 unspecified atom stereocenters. The summed E-state index contributed by atoms with van der Waals surface area (Å²) in [4.78, 5) is 0. The van der Waals surface area contributed by atoms with E-state index in [1.54, 1.807) is 4.31 Å². The summed E-state index contributed by atoms with van der Waals surface area (Å²) in [5, 5.41) is 3.23. The number of hydrogen-bond donors (Lipinski definition) is 1. The molecule has 1 saturated heterocycles. The van der Waals surface area contributed by atoms with E-state index >= 15 is 0 Å². The Kier molecular flexibility index (Phi) is 6.44. The highest BCUT2D eigenvalue weighted by Crippen LogP contribution is 2.17. The van der Waals surface area contributed by atoms with E-state index < -0.39 is 10.0 Å². The third-order valence-electron chi connectivity index (χ3n) is 2.95. The Bertz CT molecular complexity index is 330. The van der Waals surface area contributed by atoms with Crippen LogP contribution in [0.15, 0.2) is 0 Å². The monoisotopic (exact) mass is 294 g/mol. The van der Waals surface area contributed by atoms with Gasteiger partial charge < -0.3 is 5.32 Å². The Morgan fingerprint density at radius 1 is 1.17 bits per heavy atom. The Morgan fingerprint density at radius 3 is 2.33 bits per heavy atom. The molecule has 0 amide bonds. The number of nitrogens with zero attached hydrogens (tertiary/aromatic N) is 1. The summed E-state index contributed by atoms with van der Waals surface area (Å²) in [5.74, 6) is 2.08. The van der Waals surface area contributed by atoms with Crippen LogP contribution in [-0.4, -0.2) is 56.2 Å². The van der Waals surface area contributed by atoms with Crippen LogP contribution in [0.4, 0.5) is 0 Å². The van der Waals surface area contributed by atoms with E-state index in [9.17, 15) is 8.42 Å². The first-order chi connectivity index (χ1) is 8.31. The van der Waals surface area contributed by atoms with Gasteiger partial charge in [0, 0.05) is 31.1 Å². The molecule has 0 spiro atoms. The predicted molar refractivity (Wildman–Crippen MR) is 79.6 cm³/mol. The second-order valence-electron chi connectivity index (χ2n) is 5.89. The van der Waals surface area contributed by atoms with Gasteiger partial charge in [-0.1, -0.05) is 20.8 Å². The van der Waals surface area contributed by atoms with Crippen molar-refractivity contribution in [2.45, 2.75) is 27.2 Å². The third-order valence-corrected chi connectivity index (χ3v) is 5.77. The number of hydrogen-bond acceptors (Lipinski definition) is 4. The largest absolute Gasteiger partial charge is 0.316 e. The smallest absolute Gasteiger partial charge is 0.215 e. The molecular weight excluding hydrogens is 268 g/mol. The van der Waals surface area contributed by atoms with Gasteiger partial charge >= 0.3 is 0 Å². The van der Waals surface area contributed by atoms with Gasteiger partial charge in [-0.2, -0.15) is 11.8 Å². The maximum Gasteiger partial charge on any atom is 0.215 e. The molecule has 6 heteroatoms. The van der Waals surface area contributed by atoms with Gasteiger partial charge in [0.15, 0.2) is 0 Å². The Labute approximate surface area is 116 Å². The quantitative estimate of drug-likeness (QED) is 0.752. The fraction of sp³-hybridized carbons (Fsp3) is 1.00. The minimum Gasteiger partial charge on any atom is -0.316 e. The summed E-state index contributed by atoms with van der Waals surface area (Å²) in [7, 11) is -3.04. The topological polar surface area (TPSA) is 49.4 Å². The fourth-order valence-corrected chi connectivity index (χ4v) is 4.28. The number of rotatable bonds is 6.